The van der Waals surface area contributed by atoms with E-state index in [0.717, 1.165) is 29.9 Å². The van der Waals surface area contributed by atoms with Crippen LogP contribution in [0.2, 0.25) is 0 Å². The van der Waals surface area contributed by atoms with Crippen molar-refractivity contribution < 1.29 is 4.79 Å². The number of carbonyl (C=O) groups excluding carboxylic acids is 1. The summed E-state index contributed by atoms with van der Waals surface area (Å²) in [4.78, 5) is 17.8. The van der Waals surface area contributed by atoms with Crippen molar-refractivity contribution in [1.29, 1.82) is 0 Å². The molecule has 0 saturated carbocycles. The van der Waals surface area contributed by atoms with Crippen molar-refractivity contribution in [1.82, 2.24) is 16.0 Å². The molecular formula is C18H23BrN4OS. The molecule has 0 unspecified atom stereocenters. The molecule has 2 aromatic rings. The van der Waals surface area contributed by atoms with Crippen molar-refractivity contribution in [3.8, 4) is 0 Å². The lowest BCUT2D eigenvalue weighted by atomic mass is 10.2. The molecule has 0 atom stereocenters. The Morgan fingerprint density at radius 1 is 1.16 bits per heavy atom. The van der Waals surface area contributed by atoms with Crippen molar-refractivity contribution in [3.05, 3.63) is 56.7 Å². The summed E-state index contributed by atoms with van der Waals surface area (Å²) >= 11 is 5.08. The number of hydrogen-bond donors (Lipinski definition) is 3. The number of nitrogens with zero attached hydrogens (tertiary/aromatic N) is 1. The summed E-state index contributed by atoms with van der Waals surface area (Å²) in [7, 11) is 0. The van der Waals surface area contributed by atoms with E-state index < -0.39 is 0 Å². The van der Waals surface area contributed by atoms with Crippen molar-refractivity contribution in [2.75, 3.05) is 19.6 Å². The Morgan fingerprint density at radius 2 is 2.00 bits per heavy atom. The Labute approximate surface area is 161 Å². The molecule has 1 aromatic heterocycles. The molecule has 0 bridgehead atoms. The van der Waals surface area contributed by atoms with Gasteiger partial charge >= 0.3 is 0 Å². The molecule has 5 nitrogen and oxygen atoms in total. The number of rotatable bonds is 8. The van der Waals surface area contributed by atoms with E-state index in [9.17, 15) is 4.79 Å². The lowest BCUT2D eigenvalue weighted by Crippen LogP contribution is -2.38. The van der Waals surface area contributed by atoms with E-state index in [1.165, 1.54) is 4.88 Å². The minimum absolute atomic E-state index is 0.0560. The van der Waals surface area contributed by atoms with Crippen LogP contribution in [-0.2, 0) is 6.54 Å². The molecule has 0 aliphatic rings. The quantitative estimate of drug-likeness (QED) is 0.347. The number of hydrogen-bond acceptors (Lipinski definition) is 3. The minimum atomic E-state index is -0.0560. The van der Waals surface area contributed by atoms with E-state index in [4.69, 9.17) is 0 Å². The summed E-state index contributed by atoms with van der Waals surface area (Å²) in [5, 5.41) is 11.5. The molecule has 0 fully saturated rings. The minimum Gasteiger partial charge on any atom is -0.357 e. The lowest BCUT2D eigenvalue weighted by molar-refractivity contribution is 0.0953. The highest BCUT2D eigenvalue weighted by atomic mass is 79.9. The van der Waals surface area contributed by atoms with Gasteiger partial charge in [-0.15, -0.1) is 11.3 Å². The van der Waals surface area contributed by atoms with E-state index in [0.29, 0.717) is 18.7 Å². The van der Waals surface area contributed by atoms with E-state index in [2.05, 4.69) is 48.3 Å². The number of benzene rings is 1. The van der Waals surface area contributed by atoms with Gasteiger partial charge in [0, 0.05) is 34.5 Å². The summed E-state index contributed by atoms with van der Waals surface area (Å²) < 4.78 is 0.902. The predicted molar refractivity (Wildman–Crippen MR) is 108 cm³/mol. The highest BCUT2D eigenvalue weighted by Crippen LogP contribution is 2.11. The molecule has 0 spiro atoms. The van der Waals surface area contributed by atoms with Gasteiger partial charge in [0.2, 0.25) is 0 Å². The Balaban J connectivity index is 1.69. The SMILES string of the molecule is CCNC(=NCc1cccs1)NCCCNC(=O)c1cccc(Br)c1. The first-order valence-corrected chi connectivity index (χ1v) is 9.94. The fourth-order valence-electron chi connectivity index (χ4n) is 2.13. The predicted octanol–water partition coefficient (Wildman–Crippen LogP) is 3.39. The maximum absolute atomic E-state index is 12.0. The second-order valence-corrected chi connectivity index (χ2v) is 7.27. The van der Waals surface area contributed by atoms with E-state index in [1.54, 1.807) is 17.4 Å². The zero-order valence-corrected chi connectivity index (χ0v) is 16.6. The molecule has 1 aromatic carbocycles. The van der Waals surface area contributed by atoms with Gasteiger partial charge in [0.15, 0.2) is 5.96 Å². The zero-order chi connectivity index (χ0) is 17.9. The van der Waals surface area contributed by atoms with E-state index in [1.807, 2.05) is 31.2 Å². The van der Waals surface area contributed by atoms with Crippen molar-refractivity contribution >= 4 is 39.1 Å². The van der Waals surface area contributed by atoms with Crippen LogP contribution in [0.3, 0.4) is 0 Å². The Bertz CT molecular complexity index is 688. The van der Waals surface area contributed by atoms with Crippen LogP contribution >= 0.6 is 27.3 Å². The number of nitrogens with one attached hydrogen (secondary N) is 3. The molecule has 1 heterocycles. The Morgan fingerprint density at radius 3 is 2.72 bits per heavy atom. The van der Waals surface area contributed by atoms with E-state index in [-0.39, 0.29) is 5.91 Å². The van der Waals surface area contributed by atoms with Crippen LogP contribution in [0.25, 0.3) is 0 Å². The number of guanidine groups is 1. The lowest BCUT2D eigenvalue weighted by Gasteiger charge is -2.11. The average molecular weight is 423 g/mol. The molecule has 0 radical (unpaired) electrons. The molecule has 2 rings (SSSR count). The first kappa shape index (κ1) is 19.5. The molecule has 25 heavy (non-hydrogen) atoms. The molecule has 3 N–H and O–H groups in total. The van der Waals surface area contributed by atoms with Crippen LogP contribution in [0.1, 0.15) is 28.6 Å². The maximum Gasteiger partial charge on any atom is 0.251 e. The number of thiophene rings is 1. The largest absolute Gasteiger partial charge is 0.357 e. The van der Waals surface area contributed by atoms with Crippen LogP contribution in [0.4, 0.5) is 0 Å². The Kier molecular flexibility index (Phi) is 8.48. The van der Waals surface area contributed by atoms with Gasteiger partial charge in [-0.2, -0.15) is 0 Å². The van der Waals surface area contributed by atoms with Crippen LogP contribution in [0.5, 0.6) is 0 Å². The average Bonchev–Trinajstić information content (AvgIpc) is 3.12. The van der Waals surface area contributed by atoms with Crippen molar-refractivity contribution in [3.63, 3.8) is 0 Å². The summed E-state index contributed by atoms with van der Waals surface area (Å²) in [6, 6.07) is 11.5. The number of carbonyl (C=O) groups is 1. The number of amides is 1. The van der Waals surface area contributed by atoms with Gasteiger partial charge in [-0.3, -0.25) is 4.79 Å². The number of halogens is 1. The normalized spacial score (nSPS) is 11.2. The van der Waals surface area contributed by atoms with Crippen LogP contribution in [-0.4, -0.2) is 31.5 Å². The fourth-order valence-corrected chi connectivity index (χ4v) is 3.16. The second kappa shape index (κ2) is 10.9. The molecule has 0 aliphatic heterocycles. The highest BCUT2D eigenvalue weighted by Gasteiger charge is 2.04. The summed E-state index contributed by atoms with van der Waals surface area (Å²) in [6.07, 6.45) is 0.823. The standard InChI is InChI=1S/C18H23BrN4OS/c1-2-20-18(23-13-16-8-4-11-25-16)22-10-5-9-21-17(24)14-6-3-7-15(19)12-14/h3-4,6-8,11-12H,2,5,9-10,13H2,1H3,(H,21,24)(H2,20,22,23). The topological polar surface area (TPSA) is 65.5 Å². The molecular weight excluding hydrogens is 400 g/mol. The van der Waals surface area contributed by atoms with Crippen molar-refractivity contribution in [2.24, 2.45) is 4.99 Å². The third-order valence-corrected chi connectivity index (χ3v) is 4.69. The van der Waals surface area contributed by atoms with E-state index >= 15 is 0 Å². The van der Waals surface area contributed by atoms with Gasteiger partial charge in [0.1, 0.15) is 0 Å². The molecule has 0 saturated heterocycles. The molecule has 134 valence electrons. The summed E-state index contributed by atoms with van der Waals surface area (Å²) in [5.41, 5.74) is 0.660. The van der Waals surface area contributed by atoms with Crippen molar-refractivity contribution in [2.45, 2.75) is 19.9 Å². The van der Waals surface area contributed by atoms with Gasteiger partial charge in [0.05, 0.1) is 6.54 Å². The van der Waals surface area contributed by atoms with Gasteiger partial charge in [0.25, 0.3) is 5.91 Å². The molecule has 0 aliphatic carbocycles. The third-order valence-electron chi connectivity index (χ3n) is 3.34. The molecule has 7 heteroatoms. The zero-order valence-electron chi connectivity index (χ0n) is 14.2. The third kappa shape index (κ3) is 7.27. The van der Waals surface area contributed by atoms with Crippen LogP contribution < -0.4 is 16.0 Å². The second-order valence-electron chi connectivity index (χ2n) is 5.32. The highest BCUT2D eigenvalue weighted by molar-refractivity contribution is 9.10. The van der Waals surface area contributed by atoms with Crippen LogP contribution in [0, 0.1) is 0 Å². The summed E-state index contributed by atoms with van der Waals surface area (Å²) in [5.74, 6) is 0.744. The van der Waals surface area contributed by atoms with Gasteiger partial charge in [-0.05, 0) is 43.0 Å². The number of aliphatic imine (C=N–C) groups is 1. The maximum atomic E-state index is 12.0. The van der Waals surface area contributed by atoms with Gasteiger partial charge in [-0.1, -0.05) is 28.1 Å². The van der Waals surface area contributed by atoms with Gasteiger partial charge in [-0.25, -0.2) is 4.99 Å². The Hall–Kier alpha value is -1.86. The first-order chi connectivity index (χ1) is 12.2. The first-order valence-electron chi connectivity index (χ1n) is 8.27. The summed E-state index contributed by atoms with van der Waals surface area (Å²) in [6.45, 7) is 4.89. The smallest absolute Gasteiger partial charge is 0.251 e. The van der Waals surface area contributed by atoms with Crippen LogP contribution in [0.15, 0.2) is 51.2 Å². The molecule has 1 amide bonds. The van der Waals surface area contributed by atoms with Gasteiger partial charge < -0.3 is 16.0 Å². The fraction of sp³-hybridized carbons (Fsp3) is 0.333. The monoisotopic (exact) mass is 422 g/mol.